The summed E-state index contributed by atoms with van der Waals surface area (Å²) in [6.07, 6.45) is 1.49. The zero-order valence-electron chi connectivity index (χ0n) is 17.1. The first-order valence-corrected chi connectivity index (χ1v) is 9.32. The first-order chi connectivity index (χ1) is 15.0. The van der Waals surface area contributed by atoms with E-state index in [4.69, 9.17) is 14.2 Å². The number of hydrogen-bond donors (Lipinski definition) is 3. The number of nitrogens with one attached hydrogen (secondary N) is 3. The SMILES string of the molecule is COc1cc(-c2ccc(C(=O)Nc3ccc4[nH]c(=O)[nH]c4c3)cn2)cc(OC)c1OC. The van der Waals surface area contributed by atoms with Crippen molar-refractivity contribution in [3.05, 3.63) is 64.7 Å². The summed E-state index contributed by atoms with van der Waals surface area (Å²) in [4.78, 5) is 33.7. The summed E-state index contributed by atoms with van der Waals surface area (Å²) in [7, 11) is 4.63. The molecule has 0 unspecified atom stereocenters. The first-order valence-electron chi connectivity index (χ1n) is 9.32. The fourth-order valence-corrected chi connectivity index (χ4v) is 3.24. The number of imidazole rings is 1. The number of carbonyl (C=O) groups is 1. The van der Waals surface area contributed by atoms with Crippen LogP contribution in [-0.4, -0.2) is 42.2 Å². The topological polar surface area (TPSA) is 118 Å². The summed E-state index contributed by atoms with van der Waals surface area (Å²) in [5.41, 5.74) is 3.31. The lowest BCUT2D eigenvalue weighted by molar-refractivity contribution is 0.102. The maximum Gasteiger partial charge on any atom is 0.323 e. The molecule has 0 atom stereocenters. The van der Waals surface area contributed by atoms with E-state index in [1.807, 2.05) is 0 Å². The van der Waals surface area contributed by atoms with Crippen molar-refractivity contribution in [1.29, 1.82) is 0 Å². The monoisotopic (exact) mass is 420 g/mol. The molecule has 9 heteroatoms. The Morgan fingerprint density at radius 3 is 2.23 bits per heavy atom. The molecule has 0 radical (unpaired) electrons. The van der Waals surface area contributed by atoms with Crippen LogP contribution in [0.1, 0.15) is 10.4 Å². The molecule has 2 aromatic carbocycles. The van der Waals surface area contributed by atoms with Crippen LogP contribution in [0.4, 0.5) is 5.69 Å². The molecule has 0 aliphatic heterocycles. The number of hydrogen-bond acceptors (Lipinski definition) is 6. The highest BCUT2D eigenvalue weighted by Gasteiger charge is 2.15. The fourth-order valence-electron chi connectivity index (χ4n) is 3.24. The molecular weight excluding hydrogens is 400 g/mol. The van der Waals surface area contributed by atoms with Crippen molar-refractivity contribution in [3.63, 3.8) is 0 Å². The molecule has 4 rings (SSSR count). The van der Waals surface area contributed by atoms with E-state index in [1.165, 1.54) is 13.3 Å². The van der Waals surface area contributed by atoms with Crippen molar-refractivity contribution in [2.24, 2.45) is 0 Å². The second kappa shape index (κ2) is 8.23. The summed E-state index contributed by atoms with van der Waals surface area (Å²) in [6.45, 7) is 0. The number of benzene rings is 2. The molecule has 0 saturated heterocycles. The predicted molar refractivity (Wildman–Crippen MR) is 116 cm³/mol. The van der Waals surface area contributed by atoms with Crippen LogP contribution in [0.5, 0.6) is 17.2 Å². The molecule has 0 bridgehead atoms. The maximum atomic E-state index is 12.6. The number of anilines is 1. The van der Waals surface area contributed by atoms with Gasteiger partial charge in [0.2, 0.25) is 5.75 Å². The van der Waals surface area contributed by atoms with Gasteiger partial charge in [-0.15, -0.1) is 0 Å². The van der Waals surface area contributed by atoms with E-state index < -0.39 is 0 Å². The Morgan fingerprint density at radius 2 is 1.61 bits per heavy atom. The number of pyridine rings is 1. The van der Waals surface area contributed by atoms with Crippen LogP contribution in [0.2, 0.25) is 0 Å². The number of fused-ring (bicyclic) bond motifs is 1. The largest absolute Gasteiger partial charge is 0.493 e. The number of ether oxygens (including phenoxy) is 3. The lowest BCUT2D eigenvalue weighted by atomic mass is 10.1. The highest BCUT2D eigenvalue weighted by molar-refractivity contribution is 6.04. The lowest BCUT2D eigenvalue weighted by Crippen LogP contribution is -2.12. The number of H-pyrrole nitrogens is 2. The number of rotatable bonds is 6. The van der Waals surface area contributed by atoms with Gasteiger partial charge in [0.1, 0.15) is 0 Å². The van der Waals surface area contributed by atoms with Crippen molar-refractivity contribution in [1.82, 2.24) is 15.0 Å². The molecule has 2 aromatic heterocycles. The van der Waals surface area contributed by atoms with E-state index in [9.17, 15) is 9.59 Å². The van der Waals surface area contributed by atoms with Crippen LogP contribution in [-0.2, 0) is 0 Å². The van der Waals surface area contributed by atoms with Crippen LogP contribution >= 0.6 is 0 Å². The molecule has 0 saturated carbocycles. The third kappa shape index (κ3) is 3.93. The van der Waals surface area contributed by atoms with Gasteiger partial charge in [-0.05, 0) is 42.5 Å². The molecule has 0 fully saturated rings. The standard InChI is InChI=1S/C22H20N4O5/c1-29-18-8-13(9-19(30-2)20(18)31-3)15-6-4-12(11-23-15)21(27)24-14-5-7-16-17(10-14)26-22(28)25-16/h4-11H,1-3H3,(H,24,27)(H2,25,26,28). The minimum absolute atomic E-state index is 0.301. The van der Waals surface area contributed by atoms with E-state index in [0.29, 0.717) is 45.2 Å². The molecule has 9 nitrogen and oxygen atoms in total. The second-order valence-electron chi connectivity index (χ2n) is 6.64. The Kier molecular flexibility index (Phi) is 5.31. The van der Waals surface area contributed by atoms with E-state index in [2.05, 4.69) is 20.3 Å². The van der Waals surface area contributed by atoms with Gasteiger partial charge in [0, 0.05) is 17.4 Å². The van der Waals surface area contributed by atoms with Crippen molar-refractivity contribution >= 4 is 22.6 Å². The molecule has 1 amide bonds. The number of carbonyl (C=O) groups excluding carboxylic acids is 1. The first kappa shape index (κ1) is 20.0. The van der Waals surface area contributed by atoms with Gasteiger partial charge in [-0.3, -0.25) is 9.78 Å². The lowest BCUT2D eigenvalue weighted by Gasteiger charge is -2.14. The molecule has 4 aromatic rings. The molecule has 2 heterocycles. The van der Waals surface area contributed by atoms with Gasteiger partial charge in [0.05, 0.1) is 43.6 Å². The van der Waals surface area contributed by atoms with Crippen LogP contribution in [0.3, 0.4) is 0 Å². The summed E-state index contributed by atoms with van der Waals surface area (Å²) >= 11 is 0. The smallest absolute Gasteiger partial charge is 0.323 e. The molecule has 31 heavy (non-hydrogen) atoms. The van der Waals surface area contributed by atoms with Crippen LogP contribution in [0, 0.1) is 0 Å². The summed E-state index contributed by atoms with van der Waals surface area (Å²) in [5, 5.41) is 2.80. The highest BCUT2D eigenvalue weighted by atomic mass is 16.5. The fraction of sp³-hybridized carbons (Fsp3) is 0.136. The Morgan fingerprint density at radius 1 is 0.903 bits per heavy atom. The minimum Gasteiger partial charge on any atom is -0.493 e. The summed E-state index contributed by atoms with van der Waals surface area (Å²) < 4.78 is 16.1. The maximum absolute atomic E-state index is 12.6. The third-order valence-corrected chi connectivity index (χ3v) is 4.76. The minimum atomic E-state index is -0.318. The molecule has 158 valence electrons. The van der Waals surface area contributed by atoms with Gasteiger partial charge in [0.25, 0.3) is 5.91 Å². The van der Waals surface area contributed by atoms with Gasteiger partial charge in [-0.1, -0.05) is 0 Å². The molecule has 0 aliphatic carbocycles. The predicted octanol–water partition coefficient (Wildman–Crippen LogP) is 3.20. The van der Waals surface area contributed by atoms with E-state index in [-0.39, 0.29) is 11.6 Å². The van der Waals surface area contributed by atoms with Crippen molar-refractivity contribution in [2.45, 2.75) is 0 Å². The van der Waals surface area contributed by atoms with Gasteiger partial charge < -0.3 is 29.5 Å². The summed E-state index contributed by atoms with van der Waals surface area (Å²) in [6, 6.07) is 12.1. The van der Waals surface area contributed by atoms with E-state index in [0.717, 1.165) is 5.56 Å². The third-order valence-electron chi connectivity index (χ3n) is 4.76. The number of aromatic amines is 2. The zero-order valence-corrected chi connectivity index (χ0v) is 17.1. The van der Waals surface area contributed by atoms with Crippen molar-refractivity contribution in [2.75, 3.05) is 26.6 Å². The highest BCUT2D eigenvalue weighted by Crippen LogP contribution is 2.40. The van der Waals surface area contributed by atoms with Crippen LogP contribution < -0.4 is 25.2 Å². The molecule has 3 N–H and O–H groups in total. The number of aromatic nitrogens is 3. The van der Waals surface area contributed by atoms with E-state index in [1.54, 1.807) is 56.7 Å². The van der Waals surface area contributed by atoms with Gasteiger partial charge >= 0.3 is 5.69 Å². The number of nitrogens with zero attached hydrogens (tertiary/aromatic N) is 1. The van der Waals surface area contributed by atoms with Crippen molar-refractivity contribution in [3.8, 4) is 28.5 Å². The Bertz CT molecular complexity index is 1280. The summed E-state index contributed by atoms with van der Waals surface area (Å²) in [5.74, 6) is 1.20. The Balaban J connectivity index is 1.57. The molecular formula is C22H20N4O5. The molecule has 0 aliphatic rings. The average molecular weight is 420 g/mol. The van der Waals surface area contributed by atoms with Gasteiger partial charge in [0.15, 0.2) is 11.5 Å². The van der Waals surface area contributed by atoms with Gasteiger partial charge in [-0.2, -0.15) is 0 Å². The Labute approximate surface area is 177 Å². The van der Waals surface area contributed by atoms with Crippen LogP contribution in [0.25, 0.3) is 22.3 Å². The van der Waals surface area contributed by atoms with Crippen LogP contribution in [0.15, 0.2) is 53.5 Å². The van der Waals surface area contributed by atoms with Crippen molar-refractivity contribution < 1.29 is 19.0 Å². The zero-order chi connectivity index (χ0) is 22.0. The second-order valence-corrected chi connectivity index (χ2v) is 6.64. The molecule has 0 spiro atoms. The van der Waals surface area contributed by atoms with Gasteiger partial charge in [-0.25, -0.2) is 4.79 Å². The quantitative estimate of drug-likeness (QED) is 0.441. The number of amides is 1. The van der Waals surface area contributed by atoms with E-state index >= 15 is 0 Å². The average Bonchev–Trinajstić information content (AvgIpc) is 3.17. The number of methoxy groups -OCH3 is 3. The Hall–Kier alpha value is -4.27. The normalized spacial score (nSPS) is 10.7.